The molecule has 1 aliphatic carbocycles. The molecule has 45 heavy (non-hydrogen) atoms. The summed E-state index contributed by atoms with van der Waals surface area (Å²) in [6.45, 7) is 3.71. The van der Waals surface area contributed by atoms with Gasteiger partial charge in [0.2, 0.25) is 11.8 Å². The fourth-order valence-electron chi connectivity index (χ4n) is 6.70. The Labute approximate surface area is 261 Å². The van der Waals surface area contributed by atoms with Crippen LogP contribution in [0.5, 0.6) is 0 Å². The summed E-state index contributed by atoms with van der Waals surface area (Å²) in [6, 6.07) is 2.88. The third-order valence-corrected chi connectivity index (χ3v) is 9.06. The van der Waals surface area contributed by atoms with Gasteiger partial charge < -0.3 is 34.4 Å². The number of aromatic nitrogens is 2. The molecule has 0 radical (unpaired) electrons. The Balaban J connectivity index is 1.64. The average molecular weight is 622 g/mol. The summed E-state index contributed by atoms with van der Waals surface area (Å²) >= 11 is 0. The van der Waals surface area contributed by atoms with Crippen LogP contribution in [-0.4, -0.2) is 73.6 Å². The van der Waals surface area contributed by atoms with Crippen LogP contribution in [0.2, 0.25) is 0 Å². The molecule has 2 aromatic heterocycles. The fraction of sp³-hybridized carbons (Fsp3) is 0.485. The molecule has 240 valence electrons. The molecule has 1 aliphatic heterocycles. The number of hydrogen-bond acceptors (Lipinski definition) is 8. The van der Waals surface area contributed by atoms with Gasteiger partial charge in [0.05, 0.1) is 42.6 Å². The van der Waals surface area contributed by atoms with Crippen LogP contribution in [0.4, 0.5) is 4.39 Å². The number of nitrogens with one attached hydrogen (secondary N) is 2. The second-order valence-electron chi connectivity index (χ2n) is 11.7. The van der Waals surface area contributed by atoms with E-state index in [2.05, 4.69) is 10.6 Å². The first-order valence-corrected chi connectivity index (χ1v) is 15.3. The van der Waals surface area contributed by atoms with E-state index in [-0.39, 0.29) is 56.2 Å². The molecule has 11 nitrogen and oxygen atoms in total. The van der Waals surface area contributed by atoms with Crippen LogP contribution in [0.25, 0.3) is 22.3 Å². The van der Waals surface area contributed by atoms with Gasteiger partial charge in [-0.1, -0.05) is 6.92 Å². The number of likely N-dealkylation sites (N-methyl/N-ethyl adjacent to an activating group) is 2. The maximum atomic E-state index is 15.3. The predicted molar refractivity (Wildman–Crippen MR) is 166 cm³/mol. The second kappa shape index (κ2) is 13.6. The van der Waals surface area contributed by atoms with E-state index in [0.717, 1.165) is 28.4 Å². The van der Waals surface area contributed by atoms with Crippen molar-refractivity contribution in [2.24, 2.45) is 0 Å². The molecule has 3 heterocycles. The first kappa shape index (κ1) is 32.4. The highest BCUT2D eigenvalue weighted by atomic mass is 19.1. The molecule has 2 aliphatic rings. The first-order chi connectivity index (χ1) is 21.7. The minimum Gasteiger partial charge on any atom is -0.380 e. The summed E-state index contributed by atoms with van der Waals surface area (Å²) in [6.07, 6.45) is 3.29. The largest absolute Gasteiger partial charge is 0.380 e. The molecule has 1 aromatic carbocycles. The molecule has 2 atom stereocenters. The van der Waals surface area contributed by atoms with E-state index in [9.17, 15) is 19.2 Å². The molecular weight excluding hydrogens is 581 g/mol. The molecule has 0 spiro atoms. The van der Waals surface area contributed by atoms with Gasteiger partial charge in [-0.2, -0.15) is 0 Å². The Bertz CT molecular complexity index is 1720. The third kappa shape index (κ3) is 5.89. The zero-order valence-corrected chi connectivity index (χ0v) is 26.4. The number of hydrogen-bond donors (Lipinski definition) is 2. The van der Waals surface area contributed by atoms with Crippen molar-refractivity contribution in [2.75, 3.05) is 41.1 Å². The van der Waals surface area contributed by atoms with Gasteiger partial charge in [0.1, 0.15) is 25.4 Å². The van der Waals surface area contributed by atoms with E-state index in [1.54, 1.807) is 30.5 Å². The highest BCUT2D eigenvalue weighted by Gasteiger charge is 2.36. The number of carbonyl (C=O) groups is 3. The lowest BCUT2D eigenvalue weighted by Gasteiger charge is -2.30. The number of halogens is 1. The lowest BCUT2D eigenvalue weighted by molar-refractivity contribution is -0.138. The molecule has 2 N–H and O–H groups in total. The number of benzene rings is 1. The standard InChI is InChI=1S/C33H40FN5O6/c1-6-19(14-40)21-10-27-32-22(13-39(27)33(43)23(21)15-44-5)31-26(38(4)29(42)16-45-17-36-28(41)12-35-3)9-7-8-20-18(2)24(34)11-25(37-32)30(20)31/h10-11,14,19,26,35H,6-9,12-13,15-17H2,1-5H3,(H,36,41). The SMILES string of the molecule is CCC(C=O)c1cc2n(c(=O)c1COC)Cc1c-2nc2cc(F)c(C)c3c2c1C(N(C)C(=O)COCNC(=O)CNC)CCC3. The summed E-state index contributed by atoms with van der Waals surface area (Å²) in [7, 11) is 4.89. The summed E-state index contributed by atoms with van der Waals surface area (Å²) in [5.74, 6) is -1.38. The van der Waals surface area contributed by atoms with Crippen molar-refractivity contribution in [3.63, 3.8) is 0 Å². The van der Waals surface area contributed by atoms with Gasteiger partial charge >= 0.3 is 0 Å². The van der Waals surface area contributed by atoms with Gasteiger partial charge in [0.15, 0.2) is 0 Å². The lowest BCUT2D eigenvalue weighted by atomic mass is 9.90. The summed E-state index contributed by atoms with van der Waals surface area (Å²) in [4.78, 5) is 57.8. The fourth-order valence-corrected chi connectivity index (χ4v) is 6.70. The molecule has 0 fully saturated rings. The zero-order valence-electron chi connectivity index (χ0n) is 26.4. The second-order valence-corrected chi connectivity index (χ2v) is 11.7. The Morgan fingerprint density at radius 2 is 2.07 bits per heavy atom. The van der Waals surface area contributed by atoms with E-state index in [0.29, 0.717) is 59.3 Å². The molecule has 0 bridgehead atoms. The zero-order chi connectivity index (χ0) is 32.4. The van der Waals surface area contributed by atoms with Crippen LogP contribution in [-0.2, 0) is 43.4 Å². The molecule has 3 aromatic rings. The molecule has 0 saturated carbocycles. The summed E-state index contributed by atoms with van der Waals surface area (Å²) < 4.78 is 27.8. The molecule has 12 heteroatoms. The predicted octanol–water partition coefficient (Wildman–Crippen LogP) is 2.86. The summed E-state index contributed by atoms with van der Waals surface area (Å²) in [5.41, 5.74) is 5.40. The molecule has 5 rings (SSSR count). The van der Waals surface area contributed by atoms with E-state index in [1.165, 1.54) is 13.2 Å². The Hall–Kier alpha value is -4.00. The van der Waals surface area contributed by atoms with Crippen LogP contribution < -0.4 is 16.2 Å². The van der Waals surface area contributed by atoms with Gasteiger partial charge in [-0.05, 0) is 68.0 Å². The van der Waals surface area contributed by atoms with Crippen LogP contribution in [0.15, 0.2) is 16.9 Å². The monoisotopic (exact) mass is 621 g/mol. The summed E-state index contributed by atoms with van der Waals surface area (Å²) in [5, 5.41) is 6.15. The van der Waals surface area contributed by atoms with Crippen molar-refractivity contribution in [2.45, 2.75) is 64.6 Å². The third-order valence-electron chi connectivity index (χ3n) is 9.06. The number of aryl methyl sites for hydroxylation is 1. The van der Waals surface area contributed by atoms with Crippen molar-refractivity contribution in [1.82, 2.24) is 25.1 Å². The topological polar surface area (TPSA) is 132 Å². The van der Waals surface area contributed by atoms with Crippen molar-refractivity contribution >= 4 is 29.0 Å². The van der Waals surface area contributed by atoms with Gasteiger partial charge in [0.25, 0.3) is 5.56 Å². The number of aldehydes is 1. The highest BCUT2D eigenvalue weighted by molar-refractivity contribution is 5.93. The lowest BCUT2D eigenvalue weighted by Crippen LogP contribution is -2.37. The highest BCUT2D eigenvalue weighted by Crippen LogP contribution is 2.45. The first-order valence-electron chi connectivity index (χ1n) is 15.3. The molecule has 2 amide bonds. The number of rotatable bonds is 12. The smallest absolute Gasteiger partial charge is 0.257 e. The number of carbonyl (C=O) groups excluding carboxylic acids is 3. The number of pyridine rings is 2. The average Bonchev–Trinajstić information content (AvgIpc) is 3.26. The molecular formula is C33H40FN5O6. The normalized spacial score (nSPS) is 15.7. The Morgan fingerprint density at radius 1 is 1.29 bits per heavy atom. The van der Waals surface area contributed by atoms with Crippen LogP contribution >= 0.6 is 0 Å². The van der Waals surface area contributed by atoms with Gasteiger partial charge in [-0.25, -0.2) is 9.37 Å². The van der Waals surface area contributed by atoms with E-state index >= 15 is 4.39 Å². The van der Waals surface area contributed by atoms with E-state index < -0.39 is 12.0 Å². The van der Waals surface area contributed by atoms with Crippen molar-refractivity contribution in [1.29, 1.82) is 0 Å². The maximum absolute atomic E-state index is 15.3. The maximum Gasteiger partial charge on any atom is 0.257 e. The van der Waals surface area contributed by atoms with E-state index in [1.807, 2.05) is 13.0 Å². The molecule has 0 saturated heterocycles. The minimum absolute atomic E-state index is 0.0568. The number of nitrogens with zero attached hydrogens (tertiary/aromatic N) is 3. The van der Waals surface area contributed by atoms with Gasteiger partial charge in [0, 0.05) is 42.7 Å². The Morgan fingerprint density at radius 3 is 2.76 bits per heavy atom. The van der Waals surface area contributed by atoms with Gasteiger partial charge in [-0.15, -0.1) is 0 Å². The number of ether oxygens (including phenoxy) is 2. The number of amides is 2. The van der Waals surface area contributed by atoms with Crippen LogP contribution in [0.1, 0.15) is 71.5 Å². The Kier molecular flexibility index (Phi) is 9.76. The van der Waals surface area contributed by atoms with Crippen molar-refractivity contribution < 1.29 is 28.2 Å². The quantitative estimate of drug-likeness (QED) is 0.140. The van der Waals surface area contributed by atoms with Crippen LogP contribution in [0, 0.1) is 12.7 Å². The van der Waals surface area contributed by atoms with Gasteiger partial charge in [-0.3, -0.25) is 14.4 Å². The van der Waals surface area contributed by atoms with Crippen molar-refractivity contribution in [3.05, 3.63) is 61.7 Å². The minimum atomic E-state index is -0.494. The molecule has 2 unspecified atom stereocenters. The van der Waals surface area contributed by atoms with Crippen LogP contribution in [0.3, 0.4) is 0 Å². The van der Waals surface area contributed by atoms with E-state index in [4.69, 9.17) is 14.5 Å². The van der Waals surface area contributed by atoms with Crippen molar-refractivity contribution in [3.8, 4) is 11.4 Å². The number of fused-ring (bicyclic) bond motifs is 4. The number of methoxy groups -OCH3 is 1.